The highest BCUT2D eigenvalue weighted by Crippen LogP contribution is 2.22. The van der Waals surface area contributed by atoms with Crippen LogP contribution in [0, 0.1) is 11.8 Å². The van der Waals surface area contributed by atoms with Crippen LogP contribution < -0.4 is 23.9 Å². The lowest BCUT2D eigenvalue weighted by molar-refractivity contribution is -0.425. The molecule has 0 aliphatic heterocycles. The normalized spacial score (nSPS) is 23.6. The first kappa shape index (κ1) is 33.4. The molecule has 6 N–H and O–H groups in total. The summed E-state index contributed by atoms with van der Waals surface area (Å²) in [7, 11) is 0. The van der Waals surface area contributed by atoms with Crippen molar-refractivity contribution in [1.82, 2.24) is 0 Å². The van der Waals surface area contributed by atoms with Gasteiger partial charge in [-0.1, -0.05) is 105 Å². The molecule has 2 nitrogen and oxygen atoms in total. The fourth-order valence-electron chi connectivity index (χ4n) is 5.16. The fraction of sp³-hybridized carbons (Fsp3) is 1.00. The van der Waals surface area contributed by atoms with Crippen LogP contribution in [-0.2, 0) is 0 Å². The van der Waals surface area contributed by atoms with Crippen molar-refractivity contribution in [2.75, 3.05) is 0 Å². The third-order valence-corrected chi connectivity index (χ3v) is 7.49. The molecule has 31 heavy (non-hydrogen) atoms. The van der Waals surface area contributed by atoms with Gasteiger partial charge < -0.3 is 23.9 Å². The molecule has 0 aromatic carbocycles. The quantitative estimate of drug-likeness (QED) is 0.504. The van der Waals surface area contributed by atoms with Gasteiger partial charge in [0.2, 0.25) is 0 Å². The Morgan fingerprint density at radius 3 is 0.774 bits per heavy atom. The van der Waals surface area contributed by atoms with Gasteiger partial charge in [0.15, 0.2) is 0 Å². The van der Waals surface area contributed by atoms with Crippen molar-refractivity contribution in [1.29, 1.82) is 0 Å². The Kier molecular flexibility index (Phi) is 25.2. The highest BCUT2D eigenvalue weighted by atomic mass is 35.5. The predicted molar refractivity (Wildman–Crippen MR) is 135 cm³/mol. The largest absolute Gasteiger partial charge is 1.00 e. The lowest BCUT2D eigenvalue weighted by Crippen LogP contribution is -3.00. The summed E-state index contributed by atoms with van der Waals surface area (Å²) in [4.78, 5) is 0. The second kappa shape index (κ2) is 23.4. The van der Waals surface area contributed by atoms with Crippen molar-refractivity contribution in [2.24, 2.45) is 11.8 Å². The topological polar surface area (TPSA) is 55.3 Å². The van der Waals surface area contributed by atoms with E-state index in [9.17, 15) is 0 Å². The van der Waals surface area contributed by atoms with Crippen LogP contribution in [0.4, 0.5) is 0 Å². The van der Waals surface area contributed by atoms with Crippen LogP contribution in [0.5, 0.6) is 0 Å². The van der Waals surface area contributed by atoms with E-state index in [1.165, 1.54) is 135 Å². The Morgan fingerprint density at radius 2 is 0.581 bits per heavy atom. The van der Waals surface area contributed by atoms with Crippen molar-refractivity contribution < 1.29 is 23.9 Å². The summed E-state index contributed by atoms with van der Waals surface area (Å²) in [6.45, 7) is 4.76. The van der Waals surface area contributed by atoms with E-state index in [1.807, 2.05) is 0 Å². The maximum atomic E-state index is 4.00. The third-order valence-electron chi connectivity index (χ3n) is 7.49. The van der Waals surface area contributed by atoms with Gasteiger partial charge in [0.05, 0.1) is 12.1 Å². The van der Waals surface area contributed by atoms with E-state index >= 15 is 0 Å². The van der Waals surface area contributed by atoms with E-state index in [0.29, 0.717) is 0 Å². The first-order valence-corrected chi connectivity index (χ1v) is 13.7. The summed E-state index contributed by atoms with van der Waals surface area (Å²) in [6, 6.07) is 1.58. The van der Waals surface area contributed by atoms with Gasteiger partial charge in [-0.25, -0.2) is 0 Å². The molecule has 190 valence electrons. The van der Waals surface area contributed by atoms with Gasteiger partial charge >= 0.3 is 0 Å². The summed E-state index contributed by atoms with van der Waals surface area (Å²) in [5.41, 5.74) is 7.94. The molecule has 4 saturated carbocycles. The maximum Gasteiger partial charge on any atom is 0.0843 e. The minimum absolute atomic E-state index is 0. The smallest absolute Gasteiger partial charge is 0.0843 e. The molecule has 0 heterocycles. The molecule has 4 rings (SSSR count). The highest BCUT2D eigenvalue weighted by Gasteiger charge is 2.11. The Morgan fingerprint density at radius 1 is 0.387 bits per heavy atom. The van der Waals surface area contributed by atoms with Crippen LogP contribution in [0.2, 0.25) is 0 Å². The molecule has 0 saturated heterocycles. The zero-order chi connectivity index (χ0) is 21.2. The second-order valence-corrected chi connectivity index (χ2v) is 10.8. The van der Waals surface area contributed by atoms with E-state index in [4.69, 9.17) is 0 Å². The van der Waals surface area contributed by atoms with Crippen LogP contribution in [0.1, 0.15) is 156 Å². The predicted octanol–water partition coefficient (Wildman–Crippen LogP) is 4.33. The minimum atomic E-state index is 0. The first-order valence-electron chi connectivity index (χ1n) is 13.7. The fourth-order valence-corrected chi connectivity index (χ4v) is 5.16. The second-order valence-electron chi connectivity index (χ2n) is 10.8. The van der Waals surface area contributed by atoms with Gasteiger partial charge in [0.1, 0.15) is 0 Å². The number of halogens is 1. The number of rotatable bonds is 0. The average Bonchev–Trinajstić information content (AvgIpc) is 2.93. The molecule has 0 spiro atoms. The molecule has 3 heteroatoms. The van der Waals surface area contributed by atoms with Crippen LogP contribution in [-0.4, -0.2) is 12.1 Å². The Hall–Kier alpha value is 0.210. The molecule has 0 aromatic heterocycles. The van der Waals surface area contributed by atoms with Gasteiger partial charge in [0, 0.05) is 0 Å². The third kappa shape index (κ3) is 21.8. The van der Waals surface area contributed by atoms with E-state index in [2.05, 4.69) is 25.3 Å². The molecule has 0 amide bonds. The summed E-state index contributed by atoms with van der Waals surface area (Å²) in [5, 5.41) is 0. The molecule has 4 aliphatic carbocycles. The molecule has 0 unspecified atom stereocenters. The Labute approximate surface area is 203 Å². The molecule has 0 aromatic rings. The van der Waals surface area contributed by atoms with Gasteiger partial charge in [0.25, 0.3) is 0 Å². The lowest BCUT2D eigenvalue weighted by atomic mass is 9.97. The van der Waals surface area contributed by atoms with Gasteiger partial charge in [-0.15, -0.1) is 0 Å². The lowest BCUT2D eigenvalue weighted by Gasteiger charge is -2.12. The van der Waals surface area contributed by atoms with Crippen LogP contribution in [0.15, 0.2) is 0 Å². The van der Waals surface area contributed by atoms with E-state index in [1.54, 1.807) is 0 Å². The molecular weight excluding hydrogens is 400 g/mol. The standard InChI is InChI=1S/2C8H16.C6H13N.C5H11N.CH4.ClH/c2*1-8-6-4-2-3-5-7-8;7-6-4-2-1-3-5-6;6-5-3-1-2-4-5;;/h2*8H,2-7H2,1H3;6H,1-5,7H2;5H,1-4,6H2;1H4;1H/p+1. The Balaban J connectivity index is 0. The molecule has 4 aliphatic rings. The SMILES string of the molecule is C.CC1CCCCCC1.CC1CCCCCC1.[Cl-].[NH3+]C1CCCC1.[NH3+]C1CCCCC1. The molecule has 0 atom stereocenters. The molecule has 0 bridgehead atoms. The zero-order valence-electron chi connectivity index (χ0n) is 21.0. The van der Waals surface area contributed by atoms with Gasteiger partial charge in [-0.05, 0) is 63.2 Å². The van der Waals surface area contributed by atoms with Crippen LogP contribution in [0.3, 0.4) is 0 Å². The first-order chi connectivity index (χ1) is 14.1. The van der Waals surface area contributed by atoms with E-state index < -0.39 is 0 Å². The van der Waals surface area contributed by atoms with Crippen molar-refractivity contribution in [3.8, 4) is 0 Å². The summed E-state index contributed by atoms with van der Waals surface area (Å²) in [6.07, 6.45) is 30.5. The van der Waals surface area contributed by atoms with Crippen molar-refractivity contribution in [3.05, 3.63) is 0 Å². The van der Waals surface area contributed by atoms with Crippen LogP contribution in [0.25, 0.3) is 0 Å². The maximum absolute atomic E-state index is 4.00. The van der Waals surface area contributed by atoms with Crippen LogP contribution >= 0.6 is 0 Å². The number of quaternary nitrogens is 2. The van der Waals surface area contributed by atoms with E-state index in [0.717, 1.165) is 23.9 Å². The highest BCUT2D eigenvalue weighted by molar-refractivity contribution is 4.62. The zero-order valence-corrected chi connectivity index (χ0v) is 21.7. The molecular formula is C28H62ClN2+. The molecule has 4 fully saturated rings. The minimum Gasteiger partial charge on any atom is -1.00 e. The van der Waals surface area contributed by atoms with E-state index in [-0.39, 0.29) is 19.8 Å². The Bertz CT molecular complexity index is 304. The van der Waals surface area contributed by atoms with Crippen molar-refractivity contribution >= 4 is 0 Å². The summed E-state index contributed by atoms with van der Waals surface area (Å²) >= 11 is 0. The van der Waals surface area contributed by atoms with Crippen molar-refractivity contribution in [2.45, 2.75) is 168 Å². The summed E-state index contributed by atoms with van der Waals surface area (Å²) in [5.74, 6) is 2.05. The van der Waals surface area contributed by atoms with Gasteiger partial charge in [-0.2, -0.15) is 0 Å². The number of hydrogen-bond acceptors (Lipinski definition) is 0. The molecule has 0 radical (unpaired) electrons. The monoisotopic (exact) mass is 461 g/mol. The van der Waals surface area contributed by atoms with Crippen molar-refractivity contribution in [3.63, 3.8) is 0 Å². The summed E-state index contributed by atoms with van der Waals surface area (Å²) < 4.78 is 0. The average molecular weight is 462 g/mol. The van der Waals surface area contributed by atoms with Gasteiger partial charge in [-0.3, -0.25) is 0 Å². The number of hydrogen-bond donors (Lipinski definition) is 2.